The van der Waals surface area contributed by atoms with Gasteiger partial charge in [0, 0.05) is 36.5 Å². The third kappa shape index (κ3) is 8.23. The van der Waals surface area contributed by atoms with E-state index in [4.69, 9.17) is 14.7 Å². The minimum atomic E-state index is -3.94. The number of nitrogens with one attached hydrogen (secondary N) is 2. The maximum absolute atomic E-state index is 11.9. The number of esters is 1. The summed E-state index contributed by atoms with van der Waals surface area (Å²) in [5.74, 6) is -0.574. The Morgan fingerprint density at radius 3 is 2.06 bits per heavy atom. The van der Waals surface area contributed by atoms with E-state index >= 15 is 0 Å². The van der Waals surface area contributed by atoms with Gasteiger partial charge in [-0.25, -0.2) is 4.79 Å². The fraction of sp³-hybridized carbons (Fsp3) is 0.222. The number of nitrogen functional groups attached to an aromatic ring is 1. The highest BCUT2D eigenvalue weighted by molar-refractivity contribution is 7.84. The van der Waals surface area contributed by atoms with Crippen LogP contribution in [0.15, 0.2) is 85.5 Å². The molecular weight excluding hydrogens is 478 g/mol. The minimum Gasteiger partial charge on any atom is -0.461 e. The van der Waals surface area contributed by atoms with Crippen LogP contribution in [0, 0.1) is 6.92 Å². The highest BCUT2D eigenvalue weighted by Crippen LogP contribution is 2.33. The lowest BCUT2D eigenvalue weighted by molar-refractivity contribution is -0.137. The van der Waals surface area contributed by atoms with Gasteiger partial charge in [-0.2, -0.15) is 13.1 Å². The number of anilines is 2. The van der Waals surface area contributed by atoms with E-state index in [1.807, 2.05) is 48.5 Å². The Hall–Kier alpha value is -3.66. The molecule has 0 aliphatic carbocycles. The van der Waals surface area contributed by atoms with Crippen molar-refractivity contribution in [2.24, 2.45) is 0 Å². The first-order valence-corrected chi connectivity index (χ1v) is 12.9. The summed E-state index contributed by atoms with van der Waals surface area (Å²) in [5.41, 5.74) is 12.1. The van der Waals surface area contributed by atoms with Crippen LogP contribution < -0.4 is 15.8 Å². The number of carbonyl (C=O) groups is 1. The van der Waals surface area contributed by atoms with E-state index in [1.54, 1.807) is 0 Å². The van der Waals surface area contributed by atoms with E-state index in [2.05, 4.69) is 47.8 Å². The molecule has 0 saturated heterocycles. The fourth-order valence-corrected chi connectivity index (χ4v) is 4.30. The number of hydrogen-bond acceptors (Lipinski definition) is 7. The summed E-state index contributed by atoms with van der Waals surface area (Å²) < 4.78 is 35.5. The molecule has 0 bridgehead atoms. The Kier molecular flexibility index (Phi) is 9.63. The van der Waals surface area contributed by atoms with Crippen LogP contribution in [0.3, 0.4) is 0 Å². The van der Waals surface area contributed by atoms with Gasteiger partial charge in [0.25, 0.3) is 0 Å². The quantitative estimate of drug-likeness (QED) is 0.106. The van der Waals surface area contributed by atoms with Gasteiger partial charge in [-0.15, -0.1) is 0 Å². The number of hydrogen-bond donors (Lipinski definition) is 3. The van der Waals surface area contributed by atoms with Crippen molar-refractivity contribution in [1.82, 2.24) is 4.72 Å². The van der Waals surface area contributed by atoms with E-state index < -0.39 is 16.3 Å². The summed E-state index contributed by atoms with van der Waals surface area (Å²) in [6.45, 7) is 5.34. The van der Waals surface area contributed by atoms with Crippen molar-refractivity contribution in [2.45, 2.75) is 12.8 Å². The zero-order chi connectivity index (χ0) is 26.0. The van der Waals surface area contributed by atoms with Gasteiger partial charge in [-0.1, -0.05) is 60.7 Å². The van der Waals surface area contributed by atoms with Gasteiger partial charge >= 0.3 is 16.3 Å². The molecule has 0 radical (unpaired) electrons. The lowest BCUT2D eigenvalue weighted by Gasteiger charge is -2.20. The molecule has 4 N–H and O–H groups in total. The van der Waals surface area contributed by atoms with Crippen LogP contribution in [-0.2, 0) is 24.0 Å². The molecule has 0 fully saturated rings. The van der Waals surface area contributed by atoms with Gasteiger partial charge in [0.1, 0.15) is 6.61 Å². The SMILES string of the molecule is C=CC(=O)OCCNS(=O)(=O)OCCNc1ccc(C(c2ccc(C)cc2)c2ccc(N)cc2)cc1. The molecule has 1 atom stereocenters. The summed E-state index contributed by atoms with van der Waals surface area (Å²) >= 11 is 0. The van der Waals surface area contributed by atoms with Crippen molar-refractivity contribution in [1.29, 1.82) is 0 Å². The predicted molar refractivity (Wildman–Crippen MR) is 142 cm³/mol. The molecule has 0 aliphatic heterocycles. The van der Waals surface area contributed by atoms with Crippen LogP contribution in [0.25, 0.3) is 0 Å². The summed E-state index contributed by atoms with van der Waals surface area (Å²) in [5, 5.41) is 3.15. The third-order valence-electron chi connectivity index (χ3n) is 5.39. The standard InChI is InChI=1S/C27H31N3O5S/c1-3-26(31)34-18-17-30-36(32,33)35-19-16-29-25-14-10-23(11-15-25)27(21-6-4-20(2)5-7-21)22-8-12-24(28)13-9-22/h3-15,27,29-30H,1,16-19,28H2,2H3. The second-order valence-corrected chi connectivity index (χ2v) is 9.53. The Morgan fingerprint density at radius 2 is 1.47 bits per heavy atom. The van der Waals surface area contributed by atoms with Crippen molar-refractivity contribution in [3.05, 3.63) is 108 Å². The van der Waals surface area contributed by atoms with E-state index in [9.17, 15) is 13.2 Å². The second kappa shape index (κ2) is 12.9. The van der Waals surface area contributed by atoms with Gasteiger partial charge in [0.2, 0.25) is 0 Å². The van der Waals surface area contributed by atoms with Crippen LogP contribution in [-0.4, -0.2) is 40.7 Å². The number of rotatable bonds is 13. The highest BCUT2D eigenvalue weighted by atomic mass is 32.2. The molecule has 190 valence electrons. The van der Waals surface area contributed by atoms with Gasteiger partial charge in [-0.3, -0.25) is 4.18 Å². The first-order chi connectivity index (χ1) is 17.3. The zero-order valence-corrected chi connectivity index (χ0v) is 21.0. The molecule has 0 amide bonds. The Labute approximate surface area is 212 Å². The molecule has 0 saturated carbocycles. The van der Waals surface area contributed by atoms with E-state index in [-0.39, 0.29) is 32.2 Å². The number of aryl methyl sites for hydroxylation is 1. The van der Waals surface area contributed by atoms with Crippen molar-refractivity contribution >= 4 is 27.6 Å². The average Bonchev–Trinajstić information content (AvgIpc) is 2.87. The van der Waals surface area contributed by atoms with Crippen molar-refractivity contribution < 1.29 is 22.1 Å². The molecule has 8 nitrogen and oxygen atoms in total. The van der Waals surface area contributed by atoms with Gasteiger partial charge in [-0.05, 0) is 47.9 Å². The van der Waals surface area contributed by atoms with E-state index in [0.717, 1.165) is 28.6 Å². The van der Waals surface area contributed by atoms with Crippen molar-refractivity contribution in [2.75, 3.05) is 37.4 Å². The molecule has 36 heavy (non-hydrogen) atoms. The molecule has 3 aromatic carbocycles. The van der Waals surface area contributed by atoms with Crippen LogP contribution >= 0.6 is 0 Å². The first kappa shape index (κ1) is 26.9. The van der Waals surface area contributed by atoms with Gasteiger partial charge in [0.15, 0.2) is 0 Å². The minimum absolute atomic E-state index is 0.0468. The van der Waals surface area contributed by atoms with E-state index in [1.165, 1.54) is 11.1 Å². The third-order valence-corrected chi connectivity index (χ3v) is 6.42. The average molecular weight is 510 g/mol. The van der Waals surface area contributed by atoms with Crippen LogP contribution in [0.2, 0.25) is 0 Å². The topological polar surface area (TPSA) is 120 Å². The van der Waals surface area contributed by atoms with Crippen LogP contribution in [0.5, 0.6) is 0 Å². The van der Waals surface area contributed by atoms with E-state index in [0.29, 0.717) is 0 Å². The maximum Gasteiger partial charge on any atom is 0.336 e. The van der Waals surface area contributed by atoms with Gasteiger partial charge in [0.05, 0.1) is 6.61 Å². The molecular formula is C27H31N3O5S. The maximum atomic E-state index is 11.9. The smallest absolute Gasteiger partial charge is 0.336 e. The highest BCUT2D eigenvalue weighted by Gasteiger charge is 2.17. The molecule has 3 rings (SSSR count). The summed E-state index contributed by atoms with van der Waals surface area (Å²) in [7, 11) is -3.94. The van der Waals surface area contributed by atoms with Gasteiger partial charge < -0.3 is 15.8 Å². The Balaban J connectivity index is 1.57. The second-order valence-electron chi connectivity index (χ2n) is 8.10. The lowest BCUT2D eigenvalue weighted by Crippen LogP contribution is -2.30. The number of benzene rings is 3. The monoisotopic (exact) mass is 509 g/mol. The van der Waals surface area contributed by atoms with Crippen molar-refractivity contribution in [3.8, 4) is 0 Å². The predicted octanol–water partition coefficient (Wildman–Crippen LogP) is 3.75. The summed E-state index contributed by atoms with van der Waals surface area (Å²) in [4.78, 5) is 10.9. The van der Waals surface area contributed by atoms with Crippen LogP contribution in [0.1, 0.15) is 28.2 Å². The number of carbonyl (C=O) groups excluding carboxylic acids is 1. The lowest BCUT2D eigenvalue weighted by atomic mass is 9.85. The molecule has 3 aromatic rings. The largest absolute Gasteiger partial charge is 0.461 e. The first-order valence-electron chi connectivity index (χ1n) is 11.5. The number of nitrogens with two attached hydrogens (primary N) is 1. The molecule has 0 aliphatic rings. The Morgan fingerprint density at radius 1 is 0.917 bits per heavy atom. The molecule has 0 spiro atoms. The molecule has 0 aromatic heterocycles. The van der Waals surface area contributed by atoms with Crippen molar-refractivity contribution in [3.63, 3.8) is 0 Å². The molecule has 0 heterocycles. The van der Waals surface area contributed by atoms with Crippen LogP contribution in [0.4, 0.5) is 11.4 Å². The molecule has 1 unspecified atom stereocenters. The Bertz CT molecular complexity index is 1200. The molecule has 9 heteroatoms. The fourth-order valence-electron chi connectivity index (χ4n) is 3.58. The summed E-state index contributed by atoms with van der Waals surface area (Å²) in [6, 6.07) is 24.4. The number of ether oxygens (including phenoxy) is 1. The zero-order valence-electron chi connectivity index (χ0n) is 20.1. The normalized spacial score (nSPS) is 12.0. The summed E-state index contributed by atoms with van der Waals surface area (Å²) in [6.07, 6.45) is 1.00.